The fourth-order valence-corrected chi connectivity index (χ4v) is 2.50. The second kappa shape index (κ2) is 5.89. The van der Waals surface area contributed by atoms with E-state index in [1.54, 1.807) is 21.3 Å². The average Bonchev–Trinajstić information content (AvgIpc) is 3.03. The van der Waals surface area contributed by atoms with Crippen molar-refractivity contribution in [3.63, 3.8) is 0 Å². The average molecular weight is 298 g/mol. The number of anilines is 2. The van der Waals surface area contributed by atoms with Gasteiger partial charge in [0.25, 0.3) is 0 Å². The highest BCUT2D eigenvalue weighted by Gasteiger charge is 2.13. The first kappa shape index (κ1) is 14.1. The van der Waals surface area contributed by atoms with Crippen molar-refractivity contribution >= 4 is 22.3 Å². The molecule has 2 N–H and O–H groups in total. The van der Waals surface area contributed by atoms with Gasteiger partial charge in [-0.2, -0.15) is 0 Å². The lowest BCUT2D eigenvalue weighted by atomic mass is 10.2. The van der Waals surface area contributed by atoms with E-state index in [2.05, 4.69) is 10.3 Å². The lowest BCUT2D eigenvalue weighted by Gasteiger charge is -2.15. The molecule has 0 unspecified atom stereocenters. The molecule has 0 aliphatic carbocycles. The predicted molar refractivity (Wildman–Crippen MR) is 87.7 cm³/mol. The third-order valence-electron chi connectivity index (χ3n) is 3.54. The van der Waals surface area contributed by atoms with Crippen molar-refractivity contribution < 1.29 is 14.2 Å². The largest absolute Gasteiger partial charge is 0.493 e. The van der Waals surface area contributed by atoms with Gasteiger partial charge in [0.1, 0.15) is 0 Å². The molecule has 0 saturated heterocycles. The maximum atomic E-state index is 5.38. The summed E-state index contributed by atoms with van der Waals surface area (Å²) in [7, 11) is 4.80. The first-order valence-corrected chi connectivity index (χ1v) is 6.90. The molecule has 22 heavy (non-hydrogen) atoms. The third-order valence-corrected chi connectivity index (χ3v) is 3.54. The Morgan fingerprint density at radius 3 is 2.27 bits per heavy atom. The Bertz CT molecular complexity index is 770. The Kier molecular flexibility index (Phi) is 3.78. The van der Waals surface area contributed by atoms with E-state index < -0.39 is 0 Å². The van der Waals surface area contributed by atoms with Crippen LogP contribution in [0.15, 0.2) is 42.6 Å². The van der Waals surface area contributed by atoms with E-state index in [1.807, 2.05) is 42.6 Å². The van der Waals surface area contributed by atoms with Gasteiger partial charge in [-0.3, -0.25) is 0 Å². The van der Waals surface area contributed by atoms with Crippen molar-refractivity contribution in [3.8, 4) is 17.2 Å². The lowest BCUT2D eigenvalue weighted by Crippen LogP contribution is -1.98. The van der Waals surface area contributed by atoms with Gasteiger partial charge in [-0.05, 0) is 18.2 Å². The molecular formula is C17H18N2O3. The fraction of sp³-hybridized carbons (Fsp3) is 0.176. The van der Waals surface area contributed by atoms with Gasteiger partial charge in [-0.1, -0.05) is 6.07 Å². The number of nitrogens with one attached hydrogen (secondary N) is 2. The molecule has 0 spiro atoms. The normalized spacial score (nSPS) is 10.5. The molecule has 3 rings (SSSR count). The summed E-state index contributed by atoms with van der Waals surface area (Å²) in [6.07, 6.45) is 1.92. The number of aromatic amines is 1. The molecule has 3 aromatic rings. The highest BCUT2D eigenvalue weighted by atomic mass is 16.5. The van der Waals surface area contributed by atoms with Crippen molar-refractivity contribution in [1.29, 1.82) is 0 Å². The molecule has 0 aliphatic rings. The smallest absolute Gasteiger partial charge is 0.203 e. The molecule has 114 valence electrons. The van der Waals surface area contributed by atoms with Gasteiger partial charge < -0.3 is 24.5 Å². The molecule has 0 fully saturated rings. The Hall–Kier alpha value is -2.82. The molecule has 0 atom stereocenters. The first-order valence-electron chi connectivity index (χ1n) is 6.90. The van der Waals surface area contributed by atoms with Gasteiger partial charge in [-0.25, -0.2) is 0 Å². The number of aromatic nitrogens is 1. The van der Waals surface area contributed by atoms with Crippen LogP contribution in [-0.4, -0.2) is 26.3 Å². The number of benzene rings is 2. The second-order valence-electron chi connectivity index (χ2n) is 4.78. The van der Waals surface area contributed by atoms with Crippen LogP contribution in [0.1, 0.15) is 0 Å². The number of fused-ring (bicyclic) bond motifs is 1. The number of hydrogen-bond acceptors (Lipinski definition) is 4. The summed E-state index contributed by atoms with van der Waals surface area (Å²) in [5.74, 6) is 1.81. The van der Waals surface area contributed by atoms with Crippen LogP contribution < -0.4 is 19.5 Å². The van der Waals surface area contributed by atoms with Crippen molar-refractivity contribution in [3.05, 3.63) is 42.6 Å². The fourth-order valence-electron chi connectivity index (χ4n) is 2.50. The summed E-state index contributed by atoms with van der Waals surface area (Å²) in [5.41, 5.74) is 2.95. The number of ether oxygens (including phenoxy) is 3. The van der Waals surface area contributed by atoms with Crippen LogP contribution in [0.5, 0.6) is 17.2 Å². The second-order valence-corrected chi connectivity index (χ2v) is 4.78. The predicted octanol–water partition coefficient (Wildman–Crippen LogP) is 3.94. The molecule has 0 radical (unpaired) electrons. The summed E-state index contributed by atoms with van der Waals surface area (Å²) in [5, 5.41) is 4.52. The summed E-state index contributed by atoms with van der Waals surface area (Å²) < 4.78 is 16.1. The van der Waals surface area contributed by atoms with Gasteiger partial charge in [0.05, 0.1) is 21.3 Å². The van der Waals surface area contributed by atoms with Crippen LogP contribution in [0.25, 0.3) is 10.9 Å². The minimum atomic E-state index is 0.579. The van der Waals surface area contributed by atoms with E-state index in [0.29, 0.717) is 17.2 Å². The van der Waals surface area contributed by atoms with E-state index in [4.69, 9.17) is 14.2 Å². The zero-order valence-electron chi connectivity index (χ0n) is 12.8. The van der Waals surface area contributed by atoms with E-state index in [1.165, 1.54) is 0 Å². The van der Waals surface area contributed by atoms with Crippen molar-refractivity contribution in [2.75, 3.05) is 26.6 Å². The lowest BCUT2D eigenvalue weighted by molar-refractivity contribution is 0.324. The maximum absolute atomic E-state index is 5.38. The Morgan fingerprint density at radius 1 is 0.909 bits per heavy atom. The van der Waals surface area contributed by atoms with Gasteiger partial charge in [-0.15, -0.1) is 0 Å². The highest BCUT2D eigenvalue weighted by Crippen LogP contribution is 2.41. The molecule has 0 amide bonds. The minimum absolute atomic E-state index is 0.579. The molecule has 0 saturated carbocycles. The third kappa shape index (κ3) is 2.41. The molecule has 5 heteroatoms. The molecular weight excluding hydrogens is 280 g/mol. The molecule has 2 aromatic carbocycles. The van der Waals surface area contributed by atoms with Crippen molar-refractivity contribution in [1.82, 2.24) is 4.98 Å². The standard InChI is InChI=1S/C17H18N2O3/c1-20-15-9-11(10-16(21-2)17(15)22-3)19-14-6-4-5-13-12(14)7-8-18-13/h4-10,18-19H,1-3H3. The summed E-state index contributed by atoms with van der Waals surface area (Å²) >= 11 is 0. The topological polar surface area (TPSA) is 55.5 Å². The van der Waals surface area contributed by atoms with Crippen LogP contribution >= 0.6 is 0 Å². The molecule has 0 bridgehead atoms. The quantitative estimate of drug-likeness (QED) is 0.749. The first-order chi connectivity index (χ1) is 10.8. The van der Waals surface area contributed by atoms with Crippen molar-refractivity contribution in [2.24, 2.45) is 0 Å². The number of hydrogen-bond donors (Lipinski definition) is 2. The molecule has 1 aromatic heterocycles. The summed E-state index contributed by atoms with van der Waals surface area (Å²) in [4.78, 5) is 3.20. The van der Waals surface area contributed by atoms with Crippen LogP contribution in [0.4, 0.5) is 11.4 Å². The van der Waals surface area contributed by atoms with E-state index in [-0.39, 0.29) is 0 Å². The Balaban J connectivity index is 2.03. The Morgan fingerprint density at radius 2 is 1.64 bits per heavy atom. The van der Waals surface area contributed by atoms with Gasteiger partial charge in [0.15, 0.2) is 11.5 Å². The summed E-state index contributed by atoms with van der Waals surface area (Å²) in [6.45, 7) is 0. The summed E-state index contributed by atoms with van der Waals surface area (Å²) in [6, 6.07) is 11.9. The zero-order chi connectivity index (χ0) is 15.5. The molecule has 1 heterocycles. The highest BCUT2D eigenvalue weighted by molar-refractivity contribution is 5.93. The molecule has 0 aliphatic heterocycles. The number of H-pyrrole nitrogens is 1. The minimum Gasteiger partial charge on any atom is -0.493 e. The van der Waals surface area contributed by atoms with Gasteiger partial charge in [0, 0.05) is 40.6 Å². The SMILES string of the molecule is COc1cc(Nc2cccc3[nH]ccc23)cc(OC)c1OC. The van der Waals surface area contributed by atoms with E-state index in [9.17, 15) is 0 Å². The van der Waals surface area contributed by atoms with Crippen molar-refractivity contribution in [2.45, 2.75) is 0 Å². The van der Waals surface area contributed by atoms with Gasteiger partial charge in [0.2, 0.25) is 5.75 Å². The monoisotopic (exact) mass is 298 g/mol. The number of methoxy groups -OCH3 is 3. The van der Waals surface area contributed by atoms with E-state index >= 15 is 0 Å². The van der Waals surface area contributed by atoms with Crippen LogP contribution in [0.2, 0.25) is 0 Å². The number of rotatable bonds is 5. The van der Waals surface area contributed by atoms with Crippen LogP contribution in [0, 0.1) is 0 Å². The maximum Gasteiger partial charge on any atom is 0.203 e. The van der Waals surface area contributed by atoms with Crippen LogP contribution in [0.3, 0.4) is 0 Å². The molecule has 5 nitrogen and oxygen atoms in total. The Labute approximate surface area is 128 Å². The van der Waals surface area contributed by atoms with E-state index in [0.717, 1.165) is 22.3 Å². The van der Waals surface area contributed by atoms with Gasteiger partial charge >= 0.3 is 0 Å². The van der Waals surface area contributed by atoms with Crippen LogP contribution in [-0.2, 0) is 0 Å². The zero-order valence-corrected chi connectivity index (χ0v) is 12.8.